The average molecular weight is 302 g/mol. The number of hydrogen-bond donors (Lipinski definition) is 2. The van der Waals surface area contributed by atoms with Crippen molar-refractivity contribution >= 4 is 28.6 Å². The Bertz CT molecular complexity index is 719. The molecule has 7 heteroatoms. The number of hydrogen-bond acceptors (Lipinski definition) is 3. The summed E-state index contributed by atoms with van der Waals surface area (Å²) in [6.07, 6.45) is 1.86. The topological polar surface area (TPSA) is 111 Å². The summed E-state index contributed by atoms with van der Waals surface area (Å²) >= 11 is 0. The van der Waals surface area contributed by atoms with Crippen molar-refractivity contribution in [1.82, 2.24) is 9.47 Å². The van der Waals surface area contributed by atoms with Crippen molar-refractivity contribution in [2.24, 2.45) is 11.5 Å². The number of para-hydroxylation sites is 1. The Kier molecular flexibility index (Phi) is 4.45. The van der Waals surface area contributed by atoms with E-state index in [1.807, 2.05) is 37.4 Å². The molecule has 0 aliphatic heterocycles. The maximum Gasteiger partial charge on any atom is 0.243 e. The first-order chi connectivity index (χ1) is 10.4. The van der Waals surface area contributed by atoms with Crippen LogP contribution in [0.2, 0.25) is 0 Å². The van der Waals surface area contributed by atoms with Gasteiger partial charge in [-0.2, -0.15) is 0 Å². The Morgan fingerprint density at radius 1 is 1.09 bits per heavy atom. The molecular weight excluding hydrogens is 284 g/mol. The van der Waals surface area contributed by atoms with E-state index in [4.69, 9.17) is 11.5 Å². The van der Waals surface area contributed by atoms with E-state index in [1.165, 1.54) is 0 Å². The summed E-state index contributed by atoms with van der Waals surface area (Å²) in [5, 5.41) is 1.05. The van der Waals surface area contributed by atoms with Gasteiger partial charge >= 0.3 is 0 Å². The summed E-state index contributed by atoms with van der Waals surface area (Å²) in [6, 6.07) is 7.68. The van der Waals surface area contributed by atoms with Crippen LogP contribution in [-0.4, -0.2) is 40.3 Å². The van der Waals surface area contributed by atoms with Crippen LogP contribution in [0.3, 0.4) is 0 Å². The minimum absolute atomic E-state index is 0.00884. The highest BCUT2D eigenvalue weighted by Crippen LogP contribution is 2.20. The zero-order valence-electron chi connectivity index (χ0n) is 12.3. The number of primary amides is 2. The highest BCUT2D eigenvalue weighted by molar-refractivity contribution is 5.90. The molecular formula is C15H18N4O3. The zero-order valence-corrected chi connectivity index (χ0v) is 12.3. The van der Waals surface area contributed by atoms with Gasteiger partial charge in [-0.05, 0) is 18.6 Å². The minimum Gasteiger partial charge on any atom is -0.368 e. The maximum absolute atomic E-state index is 12.3. The van der Waals surface area contributed by atoms with Crippen LogP contribution in [0.5, 0.6) is 0 Å². The summed E-state index contributed by atoms with van der Waals surface area (Å²) in [6.45, 7) is 1.29. The van der Waals surface area contributed by atoms with Crippen LogP contribution < -0.4 is 11.5 Å². The Hall–Kier alpha value is -2.83. The van der Waals surface area contributed by atoms with E-state index < -0.39 is 17.7 Å². The summed E-state index contributed by atoms with van der Waals surface area (Å²) in [5.41, 5.74) is 12.2. The van der Waals surface area contributed by atoms with Gasteiger partial charge in [0.1, 0.15) is 6.54 Å². The molecule has 2 rings (SSSR count). The molecule has 22 heavy (non-hydrogen) atoms. The Balaban J connectivity index is 2.24. The number of carbonyl (C=O) groups excluding carboxylic acids is 3. The molecule has 0 radical (unpaired) electrons. The molecule has 7 nitrogen and oxygen atoms in total. The zero-order chi connectivity index (χ0) is 16.3. The smallest absolute Gasteiger partial charge is 0.243 e. The number of aryl methyl sites for hydroxylation is 1. The molecule has 1 aromatic carbocycles. The van der Waals surface area contributed by atoms with Crippen molar-refractivity contribution in [2.45, 2.75) is 13.5 Å². The minimum atomic E-state index is -0.692. The predicted octanol–water partition coefficient (Wildman–Crippen LogP) is -0.251. The molecule has 0 bridgehead atoms. The third-order valence-corrected chi connectivity index (χ3v) is 3.34. The highest BCUT2D eigenvalue weighted by Gasteiger charge is 2.19. The molecule has 0 spiro atoms. The molecule has 0 saturated carbocycles. The standard InChI is InChI=1S/C15H18N4O3/c1-10-6-18(12-5-3-2-4-11(10)12)9-15(22)19(7-13(16)20)8-14(17)21/h2-6H,7-9H2,1H3,(H2,16,20)(H2,17,21). The molecule has 2 aromatic rings. The second kappa shape index (κ2) is 6.30. The monoisotopic (exact) mass is 302 g/mol. The number of rotatable bonds is 6. The first kappa shape index (κ1) is 15.6. The molecule has 3 amide bonds. The molecule has 0 aliphatic rings. The van der Waals surface area contributed by atoms with E-state index >= 15 is 0 Å². The Labute approximate surface area is 127 Å². The molecule has 116 valence electrons. The van der Waals surface area contributed by atoms with Crippen LogP contribution in [0.1, 0.15) is 5.56 Å². The van der Waals surface area contributed by atoms with Crippen LogP contribution in [0.15, 0.2) is 30.5 Å². The van der Waals surface area contributed by atoms with Gasteiger partial charge in [0.15, 0.2) is 0 Å². The van der Waals surface area contributed by atoms with Gasteiger partial charge < -0.3 is 20.9 Å². The van der Waals surface area contributed by atoms with Gasteiger partial charge in [0.25, 0.3) is 0 Å². The fourth-order valence-electron chi connectivity index (χ4n) is 2.42. The summed E-state index contributed by atoms with van der Waals surface area (Å²) in [5.74, 6) is -1.77. The Morgan fingerprint density at radius 3 is 2.27 bits per heavy atom. The van der Waals surface area contributed by atoms with Gasteiger partial charge in [-0.25, -0.2) is 0 Å². The van der Waals surface area contributed by atoms with Crippen molar-refractivity contribution in [3.8, 4) is 0 Å². The Morgan fingerprint density at radius 2 is 1.68 bits per heavy atom. The first-order valence-electron chi connectivity index (χ1n) is 6.77. The molecule has 0 saturated heterocycles. The van der Waals surface area contributed by atoms with Gasteiger partial charge in [-0.15, -0.1) is 0 Å². The van der Waals surface area contributed by atoms with Crippen LogP contribution >= 0.6 is 0 Å². The molecule has 0 fully saturated rings. The number of aromatic nitrogens is 1. The van der Waals surface area contributed by atoms with E-state index in [0.717, 1.165) is 21.4 Å². The van der Waals surface area contributed by atoms with Gasteiger partial charge in [0, 0.05) is 17.1 Å². The largest absolute Gasteiger partial charge is 0.368 e. The molecule has 4 N–H and O–H groups in total. The molecule has 0 unspecified atom stereocenters. The predicted molar refractivity (Wildman–Crippen MR) is 81.6 cm³/mol. The van der Waals surface area contributed by atoms with Gasteiger partial charge in [-0.1, -0.05) is 18.2 Å². The van der Waals surface area contributed by atoms with Crippen molar-refractivity contribution < 1.29 is 14.4 Å². The maximum atomic E-state index is 12.3. The van der Waals surface area contributed by atoms with Crippen molar-refractivity contribution in [3.05, 3.63) is 36.0 Å². The van der Waals surface area contributed by atoms with Crippen molar-refractivity contribution in [1.29, 1.82) is 0 Å². The first-order valence-corrected chi connectivity index (χ1v) is 6.77. The van der Waals surface area contributed by atoms with Gasteiger partial charge in [0.05, 0.1) is 13.1 Å². The summed E-state index contributed by atoms with van der Waals surface area (Å²) < 4.78 is 1.78. The number of nitrogens with zero attached hydrogens (tertiary/aromatic N) is 2. The molecule has 1 aromatic heterocycles. The fraction of sp³-hybridized carbons (Fsp3) is 0.267. The highest BCUT2D eigenvalue weighted by atomic mass is 16.2. The SMILES string of the molecule is Cc1cn(CC(=O)N(CC(N)=O)CC(N)=O)c2ccccc12. The van der Waals surface area contributed by atoms with Crippen LogP contribution in [-0.2, 0) is 20.9 Å². The number of fused-ring (bicyclic) bond motifs is 1. The van der Waals surface area contributed by atoms with Crippen molar-refractivity contribution in [3.63, 3.8) is 0 Å². The van der Waals surface area contributed by atoms with E-state index in [2.05, 4.69) is 0 Å². The average Bonchev–Trinajstić information content (AvgIpc) is 2.74. The van der Waals surface area contributed by atoms with Crippen LogP contribution in [0.25, 0.3) is 10.9 Å². The van der Waals surface area contributed by atoms with Crippen molar-refractivity contribution in [2.75, 3.05) is 13.1 Å². The van der Waals surface area contributed by atoms with Gasteiger partial charge in [-0.3, -0.25) is 14.4 Å². The third kappa shape index (κ3) is 3.43. The van der Waals surface area contributed by atoms with E-state index in [1.54, 1.807) is 4.57 Å². The second-order valence-corrected chi connectivity index (χ2v) is 5.14. The number of carbonyl (C=O) groups is 3. The second-order valence-electron chi connectivity index (χ2n) is 5.14. The normalized spacial score (nSPS) is 10.6. The molecule has 0 aliphatic carbocycles. The third-order valence-electron chi connectivity index (χ3n) is 3.34. The quantitative estimate of drug-likeness (QED) is 0.767. The molecule has 1 heterocycles. The van der Waals surface area contributed by atoms with Crippen LogP contribution in [0.4, 0.5) is 0 Å². The number of nitrogens with two attached hydrogens (primary N) is 2. The number of amides is 3. The lowest BCUT2D eigenvalue weighted by molar-refractivity contribution is -0.138. The van der Waals surface area contributed by atoms with Crippen LogP contribution in [0, 0.1) is 6.92 Å². The lowest BCUT2D eigenvalue weighted by Crippen LogP contribution is -2.44. The summed E-state index contributed by atoms with van der Waals surface area (Å²) in [4.78, 5) is 35.5. The lowest BCUT2D eigenvalue weighted by Gasteiger charge is -2.20. The fourth-order valence-corrected chi connectivity index (χ4v) is 2.42. The number of benzene rings is 1. The lowest BCUT2D eigenvalue weighted by atomic mass is 10.2. The van der Waals surface area contributed by atoms with E-state index in [-0.39, 0.29) is 19.6 Å². The summed E-state index contributed by atoms with van der Waals surface area (Å²) in [7, 11) is 0. The molecule has 0 atom stereocenters. The van der Waals surface area contributed by atoms with Gasteiger partial charge in [0.2, 0.25) is 17.7 Å². The van der Waals surface area contributed by atoms with E-state index in [9.17, 15) is 14.4 Å². The van der Waals surface area contributed by atoms with E-state index in [0.29, 0.717) is 0 Å².